The van der Waals surface area contributed by atoms with Crippen molar-refractivity contribution in [3.05, 3.63) is 35.9 Å². The van der Waals surface area contributed by atoms with Crippen molar-refractivity contribution in [2.45, 2.75) is 97.6 Å². The molecule has 0 aliphatic rings. The van der Waals surface area contributed by atoms with Crippen molar-refractivity contribution in [2.75, 3.05) is 26.4 Å². The normalized spacial score (nSPS) is 14.1. The lowest BCUT2D eigenvalue weighted by atomic mass is 9.84. The van der Waals surface area contributed by atoms with Gasteiger partial charge in [-0.15, -0.1) is 0 Å². The Morgan fingerprint density at radius 2 is 1.17 bits per heavy atom. The molecule has 0 saturated carbocycles. The molecule has 0 radical (unpaired) electrons. The van der Waals surface area contributed by atoms with E-state index in [0.717, 1.165) is 24.8 Å². The molecule has 4 nitrogen and oxygen atoms in total. The summed E-state index contributed by atoms with van der Waals surface area (Å²) in [5, 5.41) is 0. The molecule has 0 fully saturated rings. The Morgan fingerprint density at radius 3 is 1.69 bits per heavy atom. The van der Waals surface area contributed by atoms with Gasteiger partial charge in [-0.05, 0) is 45.6 Å². The van der Waals surface area contributed by atoms with Gasteiger partial charge in [-0.2, -0.15) is 0 Å². The number of ether oxygens (including phenoxy) is 4. The van der Waals surface area contributed by atoms with E-state index in [1.165, 1.54) is 32.1 Å². The van der Waals surface area contributed by atoms with Crippen LogP contribution in [0.1, 0.15) is 91.5 Å². The molecule has 0 aromatic heterocycles. The first-order valence-electron chi connectivity index (χ1n) is 11.8. The van der Waals surface area contributed by atoms with Crippen LogP contribution in [0.4, 0.5) is 0 Å². The summed E-state index contributed by atoms with van der Waals surface area (Å²) in [5.41, 5.74) is 0.245. The van der Waals surface area contributed by atoms with Gasteiger partial charge in [0.2, 0.25) is 0 Å². The maximum absolute atomic E-state index is 6.64. The number of hydrogen-bond donors (Lipinski definition) is 0. The first-order valence-corrected chi connectivity index (χ1v) is 11.8. The minimum absolute atomic E-state index is 0.487. The first kappa shape index (κ1) is 26.1. The van der Waals surface area contributed by atoms with E-state index in [-0.39, 0.29) is 0 Å². The fourth-order valence-corrected chi connectivity index (χ4v) is 3.90. The number of unbranched alkanes of at least 4 members (excludes halogenated alkanes) is 5. The van der Waals surface area contributed by atoms with Gasteiger partial charge in [0.1, 0.15) is 0 Å². The molecule has 29 heavy (non-hydrogen) atoms. The van der Waals surface area contributed by atoms with Crippen LogP contribution in [0.5, 0.6) is 0 Å². The number of benzene rings is 1. The summed E-state index contributed by atoms with van der Waals surface area (Å²) in [6, 6.07) is 10.4. The largest absolute Gasteiger partial charge is 0.362 e. The molecule has 4 heteroatoms. The Bertz CT molecular complexity index is 488. The van der Waals surface area contributed by atoms with Crippen LogP contribution in [0.15, 0.2) is 30.3 Å². The Balaban J connectivity index is 3.32. The maximum Gasteiger partial charge on any atom is 0.318 e. The van der Waals surface area contributed by atoms with Crippen LogP contribution in [0.25, 0.3) is 0 Å². The summed E-state index contributed by atoms with van der Waals surface area (Å²) in [7, 11) is 0. The molecule has 0 saturated heterocycles. The van der Waals surface area contributed by atoms with Gasteiger partial charge in [-0.3, -0.25) is 0 Å². The monoisotopic (exact) mass is 408 g/mol. The summed E-state index contributed by atoms with van der Waals surface area (Å²) in [4.78, 5) is 0. The third kappa shape index (κ3) is 7.36. The standard InChI is InChI=1S/C25H44O4/c1-6-11-12-13-14-18-21-24(29-22-7-2,23-19-16-15-17-20-23)25(26-8-3,27-9-4)28-10-5/h15-17,19-20H,6-14,18,21-22H2,1-5H3. The van der Waals surface area contributed by atoms with Crippen molar-refractivity contribution in [3.63, 3.8) is 0 Å². The van der Waals surface area contributed by atoms with E-state index >= 15 is 0 Å². The zero-order chi connectivity index (χ0) is 21.4. The fourth-order valence-electron chi connectivity index (χ4n) is 3.90. The quantitative estimate of drug-likeness (QED) is 0.197. The zero-order valence-electron chi connectivity index (χ0n) is 19.5. The van der Waals surface area contributed by atoms with Crippen LogP contribution in [0.3, 0.4) is 0 Å². The molecular formula is C25H44O4. The van der Waals surface area contributed by atoms with Crippen LogP contribution in [0, 0.1) is 0 Å². The maximum atomic E-state index is 6.64. The molecule has 168 valence electrons. The van der Waals surface area contributed by atoms with Gasteiger partial charge in [0.05, 0.1) is 0 Å². The van der Waals surface area contributed by atoms with Gasteiger partial charge in [0.15, 0.2) is 5.60 Å². The molecule has 1 aromatic rings. The van der Waals surface area contributed by atoms with Gasteiger partial charge >= 0.3 is 5.97 Å². The number of hydrogen-bond acceptors (Lipinski definition) is 4. The third-order valence-electron chi connectivity index (χ3n) is 5.17. The second kappa shape index (κ2) is 15.0. The van der Waals surface area contributed by atoms with E-state index in [0.29, 0.717) is 26.4 Å². The lowest BCUT2D eigenvalue weighted by Gasteiger charge is -2.48. The fraction of sp³-hybridized carbons (Fsp3) is 0.760. The minimum Gasteiger partial charge on any atom is -0.362 e. The third-order valence-corrected chi connectivity index (χ3v) is 5.17. The smallest absolute Gasteiger partial charge is 0.318 e. The van der Waals surface area contributed by atoms with Crippen LogP contribution in [-0.4, -0.2) is 32.4 Å². The Hall–Kier alpha value is -0.940. The van der Waals surface area contributed by atoms with Crippen LogP contribution in [0.2, 0.25) is 0 Å². The average molecular weight is 409 g/mol. The average Bonchev–Trinajstić information content (AvgIpc) is 2.74. The molecule has 0 spiro atoms. The van der Waals surface area contributed by atoms with Gasteiger partial charge in [-0.25, -0.2) is 0 Å². The number of rotatable bonds is 18. The Morgan fingerprint density at radius 1 is 0.621 bits per heavy atom. The summed E-state index contributed by atoms with van der Waals surface area (Å²) >= 11 is 0. The van der Waals surface area contributed by atoms with Crippen molar-refractivity contribution in [1.29, 1.82) is 0 Å². The molecule has 0 aliphatic heterocycles. The summed E-state index contributed by atoms with van der Waals surface area (Å²) in [5.74, 6) is -1.26. The molecule has 0 N–H and O–H groups in total. The predicted octanol–water partition coefficient (Wildman–Crippen LogP) is 6.82. The Labute approximate surface area is 179 Å². The highest BCUT2D eigenvalue weighted by Crippen LogP contribution is 2.45. The summed E-state index contributed by atoms with van der Waals surface area (Å²) < 4.78 is 25.4. The molecule has 0 amide bonds. The van der Waals surface area contributed by atoms with Gasteiger partial charge < -0.3 is 18.9 Å². The highest BCUT2D eigenvalue weighted by molar-refractivity contribution is 5.25. The highest BCUT2D eigenvalue weighted by atomic mass is 16.9. The highest BCUT2D eigenvalue weighted by Gasteiger charge is 2.57. The van der Waals surface area contributed by atoms with Crippen molar-refractivity contribution < 1.29 is 18.9 Å². The van der Waals surface area contributed by atoms with Gasteiger partial charge in [-0.1, -0.05) is 76.3 Å². The second-order valence-corrected chi connectivity index (χ2v) is 7.41. The SMILES string of the molecule is CCCCCCCCC(OCCC)(c1ccccc1)C(OCC)(OCC)OCC. The van der Waals surface area contributed by atoms with Gasteiger partial charge in [0, 0.05) is 26.4 Å². The van der Waals surface area contributed by atoms with E-state index < -0.39 is 11.6 Å². The van der Waals surface area contributed by atoms with Crippen LogP contribution < -0.4 is 0 Å². The molecule has 1 unspecified atom stereocenters. The van der Waals surface area contributed by atoms with Crippen LogP contribution in [-0.2, 0) is 24.5 Å². The van der Waals surface area contributed by atoms with Crippen molar-refractivity contribution in [1.82, 2.24) is 0 Å². The van der Waals surface area contributed by atoms with Crippen LogP contribution >= 0.6 is 0 Å². The van der Waals surface area contributed by atoms with E-state index in [1.54, 1.807) is 0 Å². The molecule has 1 aromatic carbocycles. The molecule has 1 rings (SSSR count). The molecule has 1 atom stereocenters. The predicted molar refractivity (Wildman–Crippen MR) is 120 cm³/mol. The zero-order valence-corrected chi connectivity index (χ0v) is 19.5. The molecule has 0 bridgehead atoms. The summed E-state index contributed by atoms with van der Waals surface area (Å²) in [6.07, 6.45) is 9.03. The second-order valence-electron chi connectivity index (χ2n) is 7.41. The van der Waals surface area contributed by atoms with E-state index in [9.17, 15) is 0 Å². The lowest BCUT2D eigenvalue weighted by molar-refractivity contribution is -0.451. The van der Waals surface area contributed by atoms with E-state index in [1.807, 2.05) is 26.8 Å². The summed E-state index contributed by atoms with van der Waals surface area (Å²) in [6.45, 7) is 12.4. The van der Waals surface area contributed by atoms with Crippen molar-refractivity contribution >= 4 is 0 Å². The Kier molecular flexibility index (Phi) is 13.5. The van der Waals surface area contributed by atoms with Crippen molar-refractivity contribution in [3.8, 4) is 0 Å². The molecule has 0 aliphatic carbocycles. The topological polar surface area (TPSA) is 36.9 Å². The van der Waals surface area contributed by atoms with E-state index in [4.69, 9.17) is 18.9 Å². The first-order chi connectivity index (χ1) is 14.2. The minimum atomic E-state index is -1.26. The van der Waals surface area contributed by atoms with E-state index in [2.05, 4.69) is 38.1 Å². The lowest BCUT2D eigenvalue weighted by Crippen LogP contribution is -2.59. The molecular weight excluding hydrogens is 364 g/mol. The molecule has 0 heterocycles. The van der Waals surface area contributed by atoms with Crippen molar-refractivity contribution in [2.24, 2.45) is 0 Å². The van der Waals surface area contributed by atoms with Gasteiger partial charge in [0.25, 0.3) is 0 Å².